The summed E-state index contributed by atoms with van der Waals surface area (Å²) in [6, 6.07) is 13.2. The van der Waals surface area contributed by atoms with Crippen molar-refractivity contribution in [3.8, 4) is 22.6 Å². The number of benzene rings is 4. The minimum atomic E-state index is -4.26. The van der Waals surface area contributed by atoms with Crippen molar-refractivity contribution in [2.75, 3.05) is 13.2 Å². The first-order chi connectivity index (χ1) is 26.8. The first kappa shape index (κ1) is 40.9. The van der Waals surface area contributed by atoms with Crippen LogP contribution in [0.1, 0.15) is 66.0 Å². The third kappa shape index (κ3) is 7.97. The van der Waals surface area contributed by atoms with Gasteiger partial charge in [0, 0.05) is 24.4 Å². The average molecular weight is 815 g/mol. The first-order valence-electron chi connectivity index (χ1n) is 17.8. The summed E-state index contributed by atoms with van der Waals surface area (Å²) in [5, 5.41) is 2.24. The van der Waals surface area contributed by atoms with Crippen molar-refractivity contribution in [2.45, 2.75) is 76.3 Å². The fraction of sp³-hybridized carbons (Fsp3) is 0.325. The number of sulfonamides is 1. The maximum Gasteiger partial charge on any atom is 0.407 e. The van der Waals surface area contributed by atoms with E-state index in [1.54, 1.807) is 20.8 Å². The molecule has 17 heteroatoms. The second-order valence-electron chi connectivity index (χ2n) is 14.4. The van der Waals surface area contributed by atoms with Crippen LogP contribution in [-0.4, -0.2) is 51.2 Å². The number of nitrogens with zero attached hydrogens (tertiary/aromatic N) is 1. The van der Waals surface area contributed by atoms with E-state index in [-0.39, 0.29) is 36.8 Å². The monoisotopic (exact) mass is 814 g/mol. The predicted molar refractivity (Wildman–Crippen MR) is 199 cm³/mol. The highest BCUT2D eigenvalue weighted by Gasteiger charge is 2.37. The van der Waals surface area contributed by atoms with Crippen LogP contribution in [0.4, 0.5) is 26.7 Å². The lowest BCUT2D eigenvalue weighted by Gasteiger charge is -2.20. The molecule has 1 atom stereocenters. The SMILES string of the molecule is Cc1c(C)c(S(=O)(=O)NC(N)=NCCC[C@H](NC(=O)OCC2c3ccccc3-c3ccccc32)C(=O)Oc2c(F)c(F)c(F)c(F)c2F)c(C)c2c1OC(C)(C)C2. The fourth-order valence-electron chi connectivity index (χ4n) is 7.24. The zero-order chi connectivity index (χ0) is 41.6. The highest BCUT2D eigenvalue weighted by molar-refractivity contribution is 7.90. The molecule has 302 valence electrons. The van der Waals surface area contributed by atoms with Crippen molar-refractivity contribution in [3.05, 3.63) is 111 Å². The van der Waals surface area contributed by atoms with E-state index in [1.807, 2.05) is 62.4 Å². The highest BCUT2D eigenvalue weighted by atomic mass is 32.2. The van der Waals surface area contributed by atoms with Crippen molar-refractivity contribution in [1.29, 1.82) is 0 Å². The minimum Gasteiger partial charge on any atom is -0.487 e. The number of alkyl carbamates (subject to hydrolysis) is 1. The molecule has 0 saturated carbocycles. The summed E-state index contributed by atoms with van der Waals surface area (Å²) < 4.78 is 116. The lowest BCUT2D eigenvalue weighted by Crippen LogP contribution is -2.44. The molecule has 1 aliphatic heterocycles. The highest BCUT2D eigenvalue weighted by Crippen LogP contribution is 2.45. The number of nitrogens with one attached hydrogen (secondary N) is 2. The van der Waals surface area contributed by atoms with Crippen molar-refractivity contribution >= 4 is 28.0 Å². The average Bonchev–Trinajstić information content (AvgIpc) is 3.67. The van der Waals surface area contributed by atoms with Gasteiger partial charge < -0.3 is 25.3 Å². The molecule has 0 unspecified atom stereocenters. The van der Waals surface area contributed by atoms with Gasteiger partial charge in [-0.25, -0.2) is 35.9 Å². The Morgan fingerprint density at radius 3 is 2.05 bits per heavy atom. The lowest BCUT2D eigenvalue weighted by atomic mass is 9.94. The molecule has 0 bridgehead atoms. The first-order valence-corrected chi connectivity index (χ1v) is 19.3. The molecule has 0 fully saturated rings. The minimum absolute atomic E-state index is 0.0152. The number of carbonyl (C=O) groups excluding carboxylic acids is 2. The van der Waals surface area contributed by atoms with E-state index in [2.05, 4.69) is 19.8 Å². The standard InChI is InChI=1S/C40H39F5N4O7S/c1-19-20(2)36(21(3)26-17-40(4,5)56-34(19)26)57(52,53)49-38(46)47-16-10-15-28(37(50)55-35-32(44)30(42)29(41)31(43)33(35)45)48-39(51)54-18-27-24-13-8-6-11-22(24)23-12-7-9-14-25(23)27/h6-9,11-14,27-28H,10,15-18H2,1-5H3,(H,48,51)(H3,46,47,49)/t28-/m0/s1. The summed E-state index contributed by atoms with van der Waals surface area (Å²) in [4.78, 5) is 30.3. The van der Waals surface area contributed by atoms with Crippen LogP contribution >= 0.6 is 0 Å². The number of fused-ring (bicyclic) bond motifs is 4. The van der Waals surface area contributed by atoms with Crippen LogP contribution in [0.2, 0.25) is 0 Å². The molecule has 4 aromatic carbocycles. The topological polar surface area (TPSA) is 158 Å². The van der Waals surface area contributed by atoms with Gasteiger partial charge in [-0.3, -0.25) is 4.99 Å². The second-order valence-corrected chi connectivity index (χ2v) is 16.0. The van der Waals surface area contributed by atoms with Crippen molar-refractivity contribution in [2.24, 2.45) is 10.7 Å². The number of rotatable bonds is 11. The Morgan fingerprint density at radius 1 is 0.895 bits per heavy atom. The summed E-state index contributed by atoms with van der Waals surface area (Å²) in [6.45, 7) is 8.44. The number of carbonyl (C=O) groups is 2. The lowest BCUT2D eigenvalue weighted by molar-refractivity contribution is -0.137. The number of hydrogen-bond donors (Lipinski definition) is 3. The Morgan fingerprint density at radius 2 is 1.46 bits per heavy atom. The van der Waals surface area contributed by atoms with E-state index in [0.717, 1.165) is 27.8 Å². The molecule has 0 radical (unpaired) electrons. The van der Waals surface area contributed by atoms with E-state index < -0.39 is 74.5 Å². The Bertz CT molecular complexity index is 2370. The molecule has 4 N–H and O–H groups in total. The Labute approximate surface area is 325 Å². The van der Waals surface area contributed by atoms with Crippen LogP contribution in [0.25, 0.3) is 11.1 Å². The summed E-state index contributed by atoms with van der Waals surface area (Å²) in [7, 11) is -4.26. The Balaban J connectivity index is 1.16. The number of amides is 1. The van der Waals surface area contributed by atoms with Gasteiger partial charge in [0.15, 0.2) is 0 Å². The molecule has 1 heterocycles. The second kappa shape index (κ2) is 15.7. The van der Waals surface area contributed by atoms with Crippen LogP contribution in [0, 0.1) is 49.9 Å². The molecule has 57 heavy (non-hydrogen) atoms. The summed E-state index contributed by atoms with van der Waals surface area (Å²) in [5.74, 6) is -15.6. The number of halogens is 5. The number of nitrogens with two attached hydrogens (primary N) is 1. The third-order valence-electron chi connectivity index (χ3n) is 10.0. The largest absolute Gasteiger partial charge is 0.487 e. The third-order valence-corrected chi connectivity index (χ3v) is 11.7. The van der Waals surface area contributed by atoms with Gasteiger partial charge in [0.1, 0.15) is 24.0 Å². The number of ether oxygens (including phenoxy) is 3. The molecule has 0 spiro atoms. The van der Waals surface area contributed by atoms with Crippen LogP contribution < -0.4 is 25.2 Å². The van der Waals surface area contributed by atoms with Crippen LogP contribution in [0.3, 0.4) is 0 Å². The maximum absolute atomic E-state index is 14.4. The molecule has 11 nitrogen and oxygen atoms in total. The van der Waals surface area contributed by atoms with Crippen molar-refractivity contribution in [1.82, 2.24) is 10.0 Å². The molecule has 2 aliphatic rings. The van der Waals surface area contributed by atoms with Gasteiger partial charge in [0.05, 0.1) is 4.90 Å². The van der Waals surface area contributed by atoms with E-state index in [9.17, 15) is 40.0 Å². The zero-order valence-electron chi connectivity index (χ0n) is 31.5. The van der Waals surface area contributed by atoms with Gasteiger partial charge in [0.25, 0.3) is 10.0 Å². The smallest absolute Gasteiger partial charge is 0.407 e. The van der Waals surface area contributed by atoms with E-state index >= 15 is 0 Å². The van der Waals surface area contributed by atoms with Crippen LogP contribution in [-0.2, 0) is 26.0 Å². The summed E-state index contributed by atoms with van der Waals surface area (Å²) in [5.41, 5.74) is 11.5. The molecule has 1 aliphatic carbocycles. The molecular weight excluding hydrogens is 776 g/mol. The van der Waals surface area contributed by atoms with Crippen molar-refractivity contribution in [3.63, 3.8) is 0 Å². The summed E-state index contributed by atoms with van der Waals surface area (Å²) >= 11 is 0. The molecule has 4 aromatic rings. The predicted octanol–water partition coefficient (Wildman–Crippen LogP) is 6.91. The number of esters is 1. The molecule has 0 saturated heterocycles. The summed E-state index contributed by atoms with van der Waals surface area (Å²) in [6.07, 6.45) is -1.19. The number of aliphatic imine (C=N–C) groups is 1. The number of hydrogen-bond acceptors (Lipinski definition) is 8. The maximum atomic E-state index is 14.4. The van der Waals surface area contributed by atoms with Gasteiger partial charge in [-0.15, -0.1) is 0 Å². The number of guanidine groups is 1. The van der Waals surface area contributed by atoms with E-state index in [4.69, 9.17) is 15.2 Å². The zero-order valence-corrected chi connectivity index (χ0v) is 32.3. The Hall–Kier alpha value is -5.71. The van der Waals surface area contributed by atoms with Crippen LogP contribution in [0.15, 0.2) is 58.4 Å². The molecule has 6 rings (SSSR count). The fourth-order valence-corrected chi connectivity index (χ4v) is 8.77. The van der Waals surface area contributed by atoms with Gasteiger partial charge >= 0.3 is 12.1 Å². The van der Waals surface area contributed by atoms with E-state index in [0.29, 0.717) is 28.9 Å². The van der Waals surface area contributed by atoms with Gasteiger partial charge in [-0.05, 0) is 86.4 Å². The molecular formula is C40H39F5N4O7S. The van der Waals surface area contributed by atoms with Gasteiger partial charge in [0.2, 0.25) is 40.8 Å². The quantitative estimate of drug-likeness (QED) is 0.0216. The van der Waals surface area contributed by atoms with E-state index in [1.165, 1.54) is 0 Å². The molecule has 0 aromatic heterocycles. The normalized spacial score (nSPS) is 14.9. The Kier molecular flexibility index (Phi) is 11.3. The molecule has 1 amide bonds. The van der Waals surface area contributed by atoms with Crippen molar-refractivity contribution < 1.29 is 54.2 Å². The van der Waals surface area contributed by atoms with Gasteiger partial charge in [-0.2, -0.15) is 8.78 Å². The van der Waals surface area contributed by atoms with Crippen LogP contribution in [0.5, 0.6) is 11.5 Å². The van der Waals surface area contributed by atoms with Gasteiger partial charge in [-0.1, -0.05) is 48.5 Å².